The van der Waals surface area contributed by atoms with E-state index in [2.05, 4.69) is 0 Å². The van der Waals surface area contributed by atoms with Gasteiger partial charge in [-0.25, -0.2) is 9.69 Å². The molecule has 0 aliphatic carbocycles. The number of hydrogen-bond acceptors (Lipinski definition) is 5. The first-order valence-corrected chi connectivity index (χ1v) is 8.60. The Kier molecular flexibility index (Phi) is 5.07. The predicted molar refractivity (Wildman–Crippen MR) is 100 cm³/mol. The zero-order valence-corrected chi connectivity index (χ0v) is 15.1. The van der Waals surface area contributed by atoms with Gasteiger partial charge < -0.3 is 9.84 Å². The van der Waals surface area contributed by atoms with Gasteiger partial charge in [-0.2, -0.15) is 0 Å². The second-order valence-electron chi connectivity index (χ2n) is 6.22. The van der Waals surface area contributed by atoms with E-state index in [-0.39, 0.29) is 11.3 Å². The number of carbonyl (C=O) groups is 3. The molecular formula is C21H19NO5. The minimum absolute atomic E-state index is 0.0357. The third-order valence-corrected chi connectivity index (χ3v) is 4.20. The maximum Gasteiger partial charge on any atom is 0.338 e. The molecule has 6 heteroatoms. The third-order valence-electron chi connectivity index (χ3n) is 4.20. The topological polar surface area (TPSA) is 83.9 Å². The summed E-state index contributed by atoms with van der Waals surface area (Å²) >= 11 is 0. The van der Waals surface area contributed by atoms with E-state index >= 15 is 0 Å². The number of anilines is 1. The van der Waals surface area contributed by atoms with Gasteiger partial charge in [0.1, 0.15) is 0 Å². The first-order valence-electron chi connectivity index (χ1n) is 8.60. The number of hydrogen-bond donors (Lipinski definition) is 1. The Morgan fingerprint density at radius 3 is 2.22 bits per heavy atom. The smallest absolute Gasteiger partial charge is 0.338 e. The molecule has 0 fully saturated rings. The van der Waals surface area contributed by atoms with E-state index < -0.39 is 23.5 Å². The molecule has 1 aliphatic rings. The summed E-state index contributed by atoms with van der Waals surface area (Å²) < 4.78 is 5.05. The highest BCUT2D eigenvalue weighted by atomic mass is 16.5. The van der Waals surface area contributed by atoms with Crippen LogP contribution in [0.4, 0.5) is 5.69 Å². The maximum absolute atomic E-state index is 12.8. The number of carbonyl (C=O) groups excluding carboxylic acids is 3. The molecule has 2 aromatic carbocycles. The van der Waals surface area contributed by atoms with Gasteiger partial charge in [-0.15, -0.1) is 0 Å². The molecule has 0 radical (unpaired) electrons. The number of esters is 1. The summed E-state index contributed by atoms with van der Waals surface area (Å²) in [4.78, 5) is 38.0. The monoisotopic (exact) mass is 365 g/mol. The molecule has 138 valence electrons. The molecule has 0 atom stereocenters. The van der Waals surface area contributed by atoms with E-state index in [1.165, 1.54) is 24.3 Å². The third kappa shape index (κ3) is 3.46. The van der Waals surface area contributed by atoms with E-state index in [4.69, 9.17) is 4.74 Å². The molecule has 0 saturated heterocycles. The lowest BCUT2D eigenvalue weighted by Crippen LogP contribution is -2.31. The van der Waals surface area contributed by atoms with E-state index in [1.807, 2.05) is 13.8 Å². The molecule has 3 rings (SSSR count). The minimum Gasteiger partial charge on any atom is -0.502 e. The standard InChI is InChI=1S/C21H19NO5/c1-3-12-27-21(26)15-8-10-16(11-9-15)22-19(24)17(18(23)20(22)25)14-6-4-13(2)5-7-14/h4-11,23H,3,12H2,1-2H3. The van der Waals surface area contributed by atoms with Crippen LogP contribution in [0.5, 0.6) is 0 Å². The molecular weight excluding hydrogens is 346 g/mol. The molecule has 0 saturated carbocycles. The summed E-state index contributed by atoms with van der Waals surface area (Å²) in [5.74, 6) is -2.46. The van der Waals surface area contributed by atoms with Crippen LogP contribution >= 0.6 is 0 Å². The van der Waals surface area contributed by atoms with Crippen LogP contribution in [0.25, 0.3) is 5.57 Å². The Balaban J connectivity index is 1.86. The normalized spacial score (nSPS) is 14.1. The Labute approximate surface area is 156 Å². The van der Waals surface area contributed by atoms with Gasteiger partial charge in [0.05, 0.1) is 23.4 Å². The van der Waals surface area contributed by atoms with Crippen LogP contribution in [0.15, 0.2) is 54.3 Å². The molecule has 1 aliphatic heterocycles. The van der Waals surface area contributed by atoms with Crippen molar-refractivity contribution in [2.45, 2.75) is 20.3 Å². The lowest BCUT2D eigenvalue weighted by molar-refractivity contribution is -0.121. The number of nitrogens with zero attached hydrogens (tertiary/aromatic N) is 1. The minimum atomic E-state index is -0.795. The fraction of sp³-hybridized carbons (Fsp3) is 0.190. The Hall–Kier alpha value is -3.41. The van der Waals surface area contributed by atoms with Crippen molar-refractivity contribution in [3.05, 3.63) is 71.0 Å². The van der Waals surface area contributed by atoms with Crippen LogP contribution in [0.3, 0.4) is 0 Å². The number of imide groups is 1. The second-order valence-corrected chi connectivity index (χ2v) is 6.22. The fourth-order valence-corrected chi connectivity index (χ4v) is 2.76. The Bertz CT molecular complexity index is 926. The van der Waals surface area contributed by atoms with E-state index in [0.717, 1.165) is 10.5 Å². The van der Waals surface area contributed by atoms with Crippen LogP contribution in [-0.2, 0) is 14.3 Å². The summed E-state index contributed by atoms with van der Waals surface area (Å²) in [6.07, 6.45) is 0.716. The van der Waals surface area contributed by atoms with Crippen molar-refractivity contribution in [1.29, 1.82) is 0 Å². The van der Waals surface area contributed by atoms with E-state index in [0.29, 0.717) is 24.2 Å². The van der Waals surface area contributed by atoms with Gasteiger partial charge in [0.25, 0.3) is 5.91 Å². The predicted octanol–water partition coefficient (Wildman–Crippen LogP) is 3.40. The molecule has 0 unspecified atom stereocenters. The quantitative estimate of drug-likeness (QED) is 0.648. The van der Waals surface area contributed by atoms with Crippen molar-refractivity contribution in [2.75, 3.05) is 11.5 Å². The van der Waals surface area contributed by atoms with Crippen molar-refractivity contribution in [1.82, 2.24) is 0 Å². The largest absolute Gasteiger partial charge is 0.502 e. The van der Waals surface area contributed by atoms with Crippen molar-refractivity contribution in [3.8, 4) is 0 Å². The number of benzene rings is 2. The molecule has 0 spiro atoms. The number of aliphatic hydroxyl groups excluding tert-OH is 1. The number of aryl methyl sites for hydroxylation is 1. The molecule has 0 aromatic heterocycles. The highest BCUT2D eigenvalue weighted by molar-refractivity contribution is 6.44. The highest BCUT2D eigenvalue weighted by Gasteiger charge is 2.40. The van der Waals surface area contributed by atoms with Gasteiger partial charge in [0, 0.05) is 0 Å². The summed E-state index contributed by atoms with van der Waals surface area (Å²) in [6.45, 7) is 4.12. The zero-order chi connectivity index (χ0) is 19.6. The summed E-state index contributed by atoms with van der Waals surface area (Å²) in [7, 11) is 0. The first kappa shape index (κ1) is 18.4. The summed E-state index contributed by atoms with van der Waals surface area (Å²) in [5.41, 5.74) is 2.02. The molecule has 1 heterocycles. The Morgan fingerprint density at radius 1 is 1.00 bits per heavy atom. The number of ether oxygens (including phenoxy) is 1. The van der Waals surface area contributed by atoms with Crippen LogP contribution in [-0.4, -0.2) is 29.5 Å². The van der Waals surface area contributed by atoms with Gasteiger partial charge in [-0.3, -0.25) is 9.59 Å². The van der Waals surface area contributed by atoms with Gasteiger partial charge >= 0.3 is 11.9 Å². The van der Waals surface area contributed by atoms with Gasteiger partial charge in [-0.1, -0.05) is 36.8 Å². The summed E-state index contributed by atoms with van der Waals surface area (Å²) in [5, 5.41) is 10.2. The number of rotatable bonds is 5. The lowest BCUT2D eigenvalue weighted by Gasteiger charge is -2.15. The van der Waals surface area contributed by atoms with Crippen molar-refractivity contribution >= 4 is 29.0 Å². The van der Waals surface area contributed by atoms with Crippen molar-refractivity contribution < 1.29 is 24.2 Å². The number of amides is 2. The van der Waals surface area contributed by atoms with Gasteiger partial charge in [-0.05, 0) is 43.2 Å². The summed E-state index contributed by atoms with van der Waals surface area (Å²) in [6, 6.07) is 12.9. The average Bonchev–Trinajstić information content (AvgIpc) is 2.90. The first-order chi connectivity index (χ1) is 12.9. The van der Waals surface area contributed by atoms with E-state index in [9.17, 15) is 19.5 Å². The molecule has 0 bridgehead atoms. The highest BCUT2D eigenvalue weighted by Crippen LogP contribution is 2.32. The zero-order valence-electron chi connectivity index (χ0n) is 15.1. The lowest BCUT2D eigenvalue weighted by atomic mass is 10.0. The molecule has 27 heavy (non-hydrogen) atoms. The second kappa shape index (κ2) is 7.45. The fourth-order valence-electron chi connectivity index (χ4n) is 2.76. The van der Waals surface area contributed by atoms with E-state index in [1.54, 1.807) is 24.3 Å². The van der Waals surface area contributed by atoms with Gasteiger partial charge in [0.15, 0.2) is 5.76 Å². The molecule has 2 aromatic rings. The molecule has 6 nitrogen and oxygen atoms in total. The maximum atomic E-state index is 12.8. The van der Waals surface area contributed by atoms with Gasteiger partial charge in [0.2, 0.25) is 0 Å². The number of aliphatic hydroxyl groups is 1. The van der Waals surface area contributed by atoms with Crippen molar-refractivity contribution in [2.24, 2.45) is 0 Å². The van der Waals surface area contributed by atoms with Crippen molar-refractivity contribution in [3.63, 3.8) is 0 Å². The molecule has 2 amide bonds. The van der Waals surface area contributed by atoms with Crippen LogP contribution in [0.1, 0.15) is 34.8 Å². The van der Waals surface area contributed by atoms with Crippen LogP contribution in [0, 0.1) is 6.92 Å². The SMILES string of the molecule is CCCOC(=O)c1ccc(N2C(=O)C(O)=C(c3ccc(C)cc3)C2=O)cc1. The average molecular weight is 365 g/mol. The van der Waals surface area contributed by atoms with Crippen LogP contribution < -0.4 is 4.90 Å². The Morgan fingerprint density at radius 2 is 1.63 bits per heavy atom. The molecule has 1 N–H and O–H groups in total. The van der Waals surface area contributed by atoms with Crippen LogP contribution in [0.2, 0.25) is 0 Å².